The number of hydrogen-bond acceptors (Lipinski definition) is 5. The molecule has 3 rings (SSSR count). The highest BCUT2D eigenvalue weighted by atomic mass is 16.6. The van der Waals surface area contributed by atoms with E-state index in [1.807, 2.05) is 24.3 Å². The molecule has 6 heteroatoms. The first-order valence-corrected chi connectivity index (χ1v) is 7.06. The summed E-state index contributed by atoms with van der Waals surface area (Å²) in [7, 11) is 0. The van der Waals surface area contributed by atoms with Gasteiger partial charge < -0.3 is 10.4 Å². The molecule has 0 aliphatic heterocycles. The predicted molar refractivity (Wildman–Crippen MR) is 80.3 cm³/mol. The van der Waals surface area contributed by atoms with Gasteiger partial charge in [-0.05, 0) is 18.9 Å². The van der Waals surface area contributed by atoms with E-state index < -0.39 is 10.5 Å². The van der Waals surface area contributed by atoms with Gasteiger partial charge >= 0.3 is 5.69 Å². The fourth-order valence-electron chi connectivity index (χ4n) is 3.04. The van der Waals surface area contributed by atoms with Crippen LogP contribution in [0.4, 0.5) is 11.4 Å². The summed E-state index contributed by atoms with van der Waals surface area (Å²) in [5, 5.41) is 25.0. The van der Waals surface area contributed by atoms with E-state index in [2.05, 4.69) is 10.3 Å². The number of nitrogens with one attached hydrogen (secondary N) is 1. The topological polar surface area (TPSA) is 88.3 Å². The number of nitro groups is 1. The molecule has 0 bridgehead atoms. The summed E-state index contributed by atoms with van der Waals surface area (Å²) in [6, 6.07) is 7.32. The average molecular weight is 287 g/mol. The van der Waals surface area contributed by atoms with Crippen LogP contribution >= 0.6 is 0 Å². The van der Waals surface area contributed by atoms with E-state index in [1.165, 1.54) is 6.20 Å². The van der Waals surface area contributed by atoms with Gasteiger partial charge in [0.05, 0.1) is 22.6 Å². The zero-order valence-corrected chi connectivity index (χ0v) is 11.6. The molecule has 1 aromatic carbocycles. The minimum absolute atomic E-state index is 0.0270. The first-order chi connectivity index (χ1) is 10.2. The summed E-state index contributed by atoms with van der Waals surface area (Å²) in [5.41, 5.74) is 0.654. The molecule has 1 aliphatic rings. The molecule has 0 radical (unpaired) electrons. The van der Waals surface area contributed by atoms with Crippen molar-refractivity contribution < 1.29 is 10.0 Å². The lowest BCUT2D eigenvalue weighted by atomic mass is 9.97. The average Bonchev–Trinajstić information content (AvgIpc) is 2.96. The van der Waals surface area contributed by atoms with Crippen LogP contribution in [0.25, 0.3) is 10.9 Å². The Balaban J connectivity index is 2.14. The molecule has 1 aromatic heterocycles. The second-order valence-corrected chi connectivity index (χ2v) is 5.56. The number of aromatic nitrogens is 1. The van der Waals surface area contributed by atoms with Crippen molar-refractivity contribution in [1.82, 2.24) is 4.98 Å². The number of hydrogen-bond donors (Lipinski definition) is 2. The first kappa shape index (κ1) is 13.8. The number of fused-ring (bicyclic) bond motifs is 1. The number of rotatable bonds is 4. The predicted octanol–water partition coefficient (Wildman–Crippen LogP) is 2.86. The number of pyridine rings is 1. The van der Waals surface area contributed by atoms with Crippen LogP contribution < -0.4 is 5.32 Å². The van der Waals surface area contributed by atoms with E-state index in [-0.39, 0.29) is 12.3 Å². The second-order valence-electron chi connectivity index (χ2n) is 5.56. The largest absolute Gasteiger partial charge is 0.394 e. The summed E-state index contributed by atoms with van der Waals surface area (Å²) in [6.07, 6.45) is 4.95. The third-order valence-corrected chi connectivity index (χ3v) is 4.21. The highest BCUT2D eigenvalue weighted by Gasteiger charge is 2.35. The van der Waals surface area contributed by atoms with Crippen LogP contribution in [0.2, 0.25) is 0 Å². The van der Waals surface area contributed by atoms with Crippen molar-refractivity contribution in [3.63, 3.8) is 0 Å². The number of aliphatic hydroxyl groups excluding tert-OH is 1. The van der Waals surface area contributed by atoms with Crippen LogP contribution in [0, 0.1) is 10.1 Å². The third-order valence-electron chi connectivity index (χ3n) is 4.21. The standard InChI is InChI=1S/C15H17N3O3/c19-10-15(7-3-4-8-15)17-14-11-5-1-2-6-12(11)16-9-13(14)18(20)21/h1-2,5-6,9,19H,3-4,7-8,10H2,(H,16,17). The summed E-state index contributed by atoms with van der Waals surface area (Å²) in [5.74, 6) is 0. The lowest BCUT2D eigenvalue weighted by Gasteiger charge is -2.29. The van der Waals surface area contributed by atoms with Crippen LogP contribution in [0.5, 0.6) is 0 Å². The van der Waals surface area contributed by atoms with Crippen LogP contribution in [0.3, 0.4) is 0 Å². The highest BCUT2D eigenvalue weighted by molar-refractivity contribution is 5.96. The summed E-state index contributed by atoms with van der Waals surface area (Å²) >= 11 is 0. The summed E-state index contributed by atoms with van der Waals surface area (Å²) < 4.78 is 0. The Morgan fingerprint density at radius 1 is 1.33 bits per heavy atom. The fraction of sp³-hybridized carbons (Fsp3) is 0.400. The van der Waals surface area contributed by atoms with Crippen LogP contribution in [0.15, 0.2) is 30.5 Å². The number of nitrogens with zero attached hydrogens (tertiary/aromatic N) is 2. The van der Waals surface area contributed by atoms with Crippen LogP contribution in [0.1, 0.15) is 25.7 Å². The van der Waals surface area contributed by atoms with E-state index in [9.17, 15) is 15.2 Å². The van der Waals surface area contributed by atoms with Crippen molar-refractivity contribution in [2.75, 3.05) is 11.9 Å². The minimum Gasteiger partial charge on any atom is -0.394 e. The Bertz CT molecular complexity index is 681. The van der Waals surface area contributed by atoms with Gasteiger partial charge in [-0.3, -0.25) is 10.1 Å². The first-order valence-electron chi connectivity index (χ1n) is 7.06. The van der Waals surface area contributed by atoms with Crippen molar-refractivity contribution >= 4 is 22.3 Å². The molecule has 6 nitrogen and oxygen atoms in total. The maximum atomic E-state index is 11.3. The zero-order chi connectivity index (χ0) is 14.9. The molecule has 1 aliphatic carbocycles. The van der Waals surface area contributed by atoms with Crippen molar-refractivity contribution in [2.24, 2.45) is 0 Å². The molecule has 0 saturated heterocycles. The Kier molecular flexibility index (Phi) is 3.47. The SMILES string of the molecule is O=[N+]([O-])c1cnc2ccccc2c1NC1(CO)CCCC1. The smallest absolute Gasteiger partial charge is 0.311 e. The third kappa shape index (κ3) is 2.42. The van der Waals surface area contributed by atoms with Gasteiger partial charge in [-0.25, -0.2) is 4.98 Å². The van der Waals surface area contributed by atoms with Gasteiger partial charge in [0.15, 0.2) is 0 Å². The molecule has 1 heterocycles. The molecule has 0 unspecified atom stereocenters. The maximum absolute atomic E-state index is 11.3. The molecule has 0 spiro atoms. The van der Waals surface area contributed by atoms with Crippen molar-refractivity contribution in [1.29, 1.82) is 0 Å². The van der Waals surface area contributed by atoms with Gasteiger partial charge in [0.1, 0.15) is 11.9 Å². The van der Waals surface area contributed by atoms with Gasteiger partial charge in [-0.1, -0.05) is 31.0 Å². The minimum atomic E-state index is -0.463. The number of anilines is 1. The fourth-order valence-corrected chi connectivity index (χ4v) is 3.04. The maximum Gasteiger partial charge on any atom is 0.311 e. The molecule has 2 aromatic rings. The molecule has 0 amide bonds. The highest BCUT2D eigenvalue weighted by Crippen LogP contribution is 2.38. The molecule has 110 valence electrons. The lowest BCUT2D eigenvalue weighted by molar-refractivity contribution is -0.384. The van der Waals surface area contributed by atoms with E-state index in [0.717, 1.165) is 25.7 Å². The van der Waals surface area contributed by atoms with Crippen LogP contribution in [-0.4, -0.2) is 27.2 Å². The van der Waals surface area contributed by atoms with E-state index in [0.29, 0.717) is 16.6 Å². The van der Waals surface area contributed by atoms with E-state index in [1.54, 1.807) is 0 Å². The Hall–Kier alpha value is -2.21. The van der Waals surface area contributed by atoms with Crippen molar-refractivity contribution in [3.05, 3.63) is 40.6 Å². The summed E-state index contributed by atoms with van der Waals surface area (Å²) in [6.45, 7) is -0.0270. The summed E-state index contributed by atoms with van der Waals surface area (Å²) in [4.78, 5) is 15.0. The lowest BCUT2D eigenvalue weighted by Crippen LogP contribution is -2.39. The van der Waals surface area contributed by atoms with Gasteiger partial charge in [-0.15, -0.1) is 0 Å². The molecule has 2 N–H and O–H groups in total. The zero-order valence-electron chi connectivity index (χ0n) is 11.6. The van der Waals surface area contributed by atoms with Crippen molar-refractivity contribution in [2.45, 2.75) is 31.2 Å². The normalized spacial score (nSPS) is 17.0. The molecule has 0 atom stereocenters. The second kappa shape index (κ2) is 5.29. The van der Waals surface area contributed by atoms with Crippen molar-refractivity contribution in [3.8, 4) is 0 Å². The Morgan fingerprint density at radius 2 is 2.05 bits per heavy atom. The monoisotopic (exact) mass is 287 g/mol. The van der Waals surface area contributed by atoms with E-state index in [4.69, 9.17) is 0 Å². The van der Waals surface area contributed by atoms with E-state index >= 15 is 0 Å². The molecule has 1 fully saturated rings. The van der Waals surface area contributed by atoms with Gasteiger partial charge in [-0.2, -0.15) is 0 Å². The Labute approximate surface area is 122 Å². The Morgan fingerprint density at radius 3 is 2.71 bits per heavy atom. The molecule has 21 heavy (non-hydrogen) atoms. The molecular formula is C15H17N3O3. The van der Waals surface area contributed by atoms with Gasteiger partial charge in [0.25, 0.3) is 0 Å². The van der Waals surface area contributed by atoms with Gasteiger partial charge in [0.2, 0.25) is 0 Å². The van der Waals surface area contributed by atoms with Crippen LogP contribution in [-0.2, 0) is 0 Å². The quantitative estimate of drug-likeness (QED) is 0.666. The number of aliphatic hydroxyl groups is 1. The van der Waals surface area contributed by atoms with Gasteiger partial charge in [0, 0.05) is 5.39 Å². The number of benzene rings is 1. The number of para-hydroxylation sites is 1. The molecule has 1 saturated carbocycles. The molecular weight excluding hydrogens is 270 g/mol.